The van der Waals surface area contributed by atoms with Crippen LogP contribution in [0.5, 0.6) is 0 Å². The maximum atomic E-state index is 12.9. The summed E-state index contributed by atoms with van der Waals surface area (Å²) >= 11 is 0. The van der Waals surface area contributed by atoms with Crippen molar-refractivity contribution in [2.24, 2.45) is 5.92 Å². The van der Waals surface area contributed by atoms with Crippen molar-refractivity contribution in [2.75, 3.05) is 0 Å². The lowest BCUT2D eigenvalue weighted by atomic mass is 9.85. The van der Waals surface area contributed by atoms with Crippen LogP contribution in [0, 0.1) is 5.92 Å². The van der Waals surface area contributed by atoms with E-state index in [0.717, 1.165) is 30.4 Å². The lowest BCUT2D eigenvalue weighted by molar-refractivity contribution is -0.150. The van der Waals surface area contributed by atoms with E-state index in [1.165, 1.54) is 4.90 Å². The average molecular weight is 356 g/mol. The summed E-state index contributed by atoms with van der Waals surface area (Å²) in [6.45, 7) is -0.288. The number of fused-ring (bicyclic) bond motifs is 2. The molecule has 0 unspecified atom stereocenters. The van der Waals surface area contributed by atoms with Crippen LogP contribution >= 0.6 is 0 Å². The fourth-order valence-corrected chi connectivity index (χ4v) is 4.38. The second-order valence-corrected chi connectivity index (χ2v) is 7.07. The van der Waals surface area contributed by atoms with Crippen molar-refractivity contribution in [3.63, 3.8) is 0 Å². The normalized spacial score (nSPS) is 25.2. The Balaban J connectivity index is 1.63. The molecule has 8 nitrogen and oxygen atoms in total. The lowest BCUT2D eigenvalue weighted by Crippen LogP contribution is -2.48. The van der Waals surface area contributed by atoms with Gasteiger partial charge in [-0.05, 0) is 37.3 Å². The molecular formula is C18H20N4O4. The van der Waals surface area contributed by atoms with Crippen molar-refractivity contribution in [1.82, 2.24) is 19.9 Å². The Morgan fingerprint density at radius 2 is 1.96 bits per heavy atom. The van der Waals surface area contributed by atoms with E-state index in [9.17, 15) is 19.5 Å². The molecule has 1 aliphatic heterocycles. The number of hydrogen-bond donors (Lipinski definition) is 1. The smallest absolute Gasteiger partial charge is 0.326 e. The number of carbonyl (C=O) groups is 2. The minimum Gasteiger partial charge on any atom is -0.480 e. The summed E-state index contributed by atoms with van der Waals surface area (Å²) in [6.07, 6.45) is 4.33. The molecule has 2 aliphatic rings. The predicted octanol–water partition coefficient (Wildman–Crippen LogP) is 1.04. The minimum absolute atomic E-state index is 0.0542. The molecule has 2 heterocycles. The number of rotatable bonds is 3. The Kier molecular flexibility index (Phi) is 4.18. The largest absolute Gasteiger partial charge is 0.480 e. The highest BCUT2D eigenvalue weighted by Gasteiger charge is 2.47. The lowest BCUT2D eigenvalue weighted by Gasteiger charge is -2.33. The molecule has 1 aromatic heterocycles. The predicted molar refractivity (Wildman–Crippen MR) is 92.4 cm³/mol. The monoisotopic (exact) mass is 356 g/mol. The van der Waals surface area contributed by atoms with Crippen molar-refractivity contribution in [2.45, 2.75) is 50.7 Å². The van der Waals surface area contributed by atoms with Gasteiger partial charge in [0.05, 0.1) is 5.39 Å². The van der Waals surface area contributed by atoms with Gasteiger partial charge in [-0.15, -0.1) is 5.10 Å². The number of nitrogens with zero attached hydrogens (tertiary/aromatic N) is 4. The van der Waals surface area contributed by atoms with Gasteiger partial charge in [0.1, 0.15) is 18.1 Å². The number of carbonyl (C=O) groups excluding carboxylic acids is 1. The molecule has 1 aromatic carbocycles. The average Bonchev–Trinajstić information content (AvgIpc) is 3.04. The number of carboxylic acids is 1. The minimum atomic E-state index is -0.982. The van der Waals surface area contributed by atoms with Crippen LogP contribution in [0.1, 0.15) is 32.1 Å². The van der Waals surface area contributed by atoms with E-state index in [0.29, 0.717) is 17.3 Å². The van der Waals surface area contributed by atoms with E-state index in [1.807, 2.05) is 0 Å². The molecular weight excluding hydrogens is 336 g/mol. The van der Waals surface area contributed by atoms with Crippen LogP contribution in [0.4, 0.5) is 0 Å². The van der Waals surface area contributed by atoms with Crippen molar-refractivity contribution in [1.29, 1.82) is 0 Å². The topological polar surface area (TPSA) is 105 Å². The molecule has 1 amide bonds. The van der Waals surface area contributed by atoms with Crippen LogP contribution in [-0.4, -0.2) is 49.0 Å². The standard InChI is InChI=1S/C18H20N4O4/c23-16(10-21-17(24)12-6-2-3-7-13(12)19-20-21)22-14-8-4-1-5-11(14)9-15(22)18(25)26/h2-3,6-7,11,14-15H,1,4-5,8-10H2,(H,25,26)/t11-,14-,15-/m0/s1. The first-order chi connectivity index (χ1) is 12.6. The highest BCUT2D eigenvalue weighted by Crippen LogP contribution is 2.39. The van der Waals surface area contributed by atoms with Crippen LogP contribution in [0.25, 0.3) is 10.9 Å². The third kappa shape index (κ3) is 2.75. The summed E-state index contributed by atoms with van der Waals surface area (Å²) in [5.74, 6) is -1.13. The molecule has 1 aliphatic carbocycles. The fraction of sp³-hybridized carbons (Fsp3) is 0.500. The number of hydrogen-bond acceptors (Lipinski definition) is 5. The van der Waals surface area contributed by atoms with Crippen molar-refractivity contribution in [3.8, 4) is 0 Å². The van der Waals surface area contributed by atoms with Crippen LogP contribution in [0.15, 0.2) is 29.1 Å². The second-order valence-electron chi connectivity index (χ2n) is 7.07. The van der Waals surface area contributed by atoms with Gasteiger partial charge >= 0.3 is 5.97 Å². The molecule has 1 N–H and O–H groups in total. The van der Waals surface area contributed by atoms with E-state index < -0.39 is 17.6 Å². The van der Waals surface area contributed by atoms with Gasteiger partial charge in [-0.25, -0.2) is 9.48 Å². The summed E-state index contributed by atoms with van der Waals surface area (Å²) in [7, 11) is 0. The quantitative estimate of drug-likeness (QED) is 0.881. The summed E-state index contributed by atoms with van der Waals surface area (Å²) in [4.78, 5) is 38.6. The fourth-order valence-electron chi connectivity index (χ4n) is 4.38. The maximum Gasteiger partial charge on any atom is 0.326 e. The zero-order valence-electron chi connectivity index (χ0n) is 14.2. The van der Waals surface area contributed by atoms with E-state index in [1.54, 1.807) is 24.3 Å². The molecule has 26 heavy (non-hydrogen) atoms. The molecule has 1 saturated heterocycles. The Morgan fingerprint density at radius 3 is 2.77 bits per heavy atom. The van der Waals surface area contributed by atoms with E-state index >= 15 is 0 Å². The second kappa shape index (κ2) is 6.51. The Bertz CT molecular complexity index is 925. The van der Waals surface area contributed by atoms with Gasteiger partial charge in [0.15, 0.2) is 0 Å². The first kappa shape index (κ1) is 16.7. The third-order valence-electron chi connectivity index (χ3n) is 5.58. The van der Waals surface area contributed by atoms with Crippen LogP contribution < -0.4 is 5.56 Å². The van der Waals surface area contributed by atoms with Crippen LogP contribution in [-0.2, 0) is 16.1 Å². The number of carboxylic acid groups (broad SMARTS) is 1. The summed E-state index contributed by atoms with van der Waals surface area (Å²) in [5.41, 5.74) is 0.0772. The van der Waals surface area contributed by atoms with E-state index in [2.05, 4.69) is 10.3 Å². The molecule has 4 rings (SSSR count). The highest BCUT2D eigenvalue weighted by molar-refractivity contribution is 5.85. The molecule has 0 bridgehead atoms. The van der Waals surface area contributed by atoms with Gasteiger partial charge in [0.25, 0.3) is 5.56 Å². The first-order valence-electron chi connectivity index (χ1n) is 8.93. The third-order valence-corrected chi connectivity index (χ3v) is 5.58. The maximum absolute atomic E-state index is 12.9. The van der Waals surface area contributed by atoms with E-state index in [4.69, 9.17) is 0 Å². The van der Waals surface area contributed by atoms with Crippen molar-refractivity contribution in [3.05, 3.63) is 34.6 Å². The number of benzene rings is 1. The molecule has 2 aromatic rings. The number of likely N-dealkylation sites (tertiary alicyclic amines) is 1. The molecule has 0 radical (unpaired) electrons. The van der Waals surface area contributed by atoms with Crippen molar-refractivity contribution >= 4 is 22.8 Å². The Hall–Kier alpha value is -2.77. The van der Waals surface area contributed by atoms with Crippen LogP contribution in [0.3, 0.4) is 0 Å². The first-order valence-corrected chi connectivity index (χ1v) is 8.93. The van der Waals surface area contributed by atoms with Crippen LogP contribution in [0.2, 0.25) is 0 Å². The molecule has 136 valence electrons. The Morgan fingerprint density at radius 1 is 1.19 bits per heavy atom. The molecule has 8 heteroatoms. The van der Waals surface area contributed by atoms with Gasteiger partial charge in [-0.3, -0.25) is 9.59 Å². The van der Waals surface area contributed by atoms with Crippen molar-refractivity contribution < 1.29 is 14.7 Å². The molecule has 3 atom stereocenters. The summed E-state index contributed by atoms with van der Waals surface area (Å²) in [6, 6.07) is 5.94. The highest BCUT2D eigenvalue weighted by atomic mass is 16.4. The molecule has 2 fully saturated rings. The van der Waals surface area contributed by atoms with Gasteiger partial charge in [-0.2, -0.15) is 0 Å². The molecule has 0 spiro atoms. The van der Waals surface area contributed by atoms with E-state index in [-0.39, 0.29) is 24.4 Å². The zero-order chi connectivity index (χ0) is 18.3. The van der Waals surface area contributed by atoms with Gasteiger partial charge in [0, 0.05) is 6.04 Å². The van der Waals surface area contributed by atoms with Gasteiger partial charge < -0.3 is 10.0 Å². The SMILES string of the molecule is O=C(O)[C@@H]1C[C@@H]2CCCC[C@@H]2N1C(=O)Cn1nnc2ccccc2c1=O. The molecule has 1 saturated carbocycles. The number of aromatic nitrogens is 3. The summed E-state index contributed by atoms with van der Waals surface area (Å²) in [5, 5.41) is 17.8. The zero-order valence-corrected chi connectivity index (χ0v) is 14.2. The number of amides is 1. The summed E-state index contributed by atoms with van der Waals surface area (Å²) < 4.78 is 1.03. The number of aliphatic carboxylic acids is 1. The van der Waals surface area contributed by atoms with Gasteiger partial charge in [-0.1, -0.05) is 30.2 Å². The van der Waals surface area contributed by atoms with Gasteiger partial charge in [0.2, 0.25) is 5.91 Å². The Labute approximate surface area is 149 Å².